The van der Waals surface area contributed by atoms with Crippen LogP contribution in [0.1, 0.15) is 40.5 Å². The fourth-order valence-corrected chi connectivity index (χ4v) is 4.66. The number of fused-ring (bicyclic) bond motifs is 1. The predicted octanol–water partition coefficient (Wildman–Crippen LogP) is 4.24. The Morgan fingerprint density at radius 1 is 1.13 bits per heavy atom. The second-order valence-electron chi connectivity index (χ2n) is 7.19. The lowest BCUT2D eigenvalue weighted by molar-refractivity contribution is -0.117. The minimum Gasteiger partial charge on any atom is -0.274 e. The number of anilines is 1. The molecule has 0 saturated heterocycles. The van der Waals surface area contributed by atoms with Crippen molar-refractivity contribution in [2.45, 2.75) is 25.8 Å². The summed E-state index contributed by atoms with van der Waals surface area (Å²) < 4.78 is 0. The second-order valence-corrected chi connectivity index (χ2v) is 8.61. The maximum Gasteiger partial charge on any atom is 0.261 e. The van der Waals surface area contributed by atoms with Gasteiger partial charge in [0.05, 0.1) is 22.9 Å². The minimum absolute atomic E-state index is 0.130. The number of amidine groups is 1. The lowest BCUT2D eigenvalue weighted by Gasteiger charge is -2.22. The number of rotatable bonds is 5. The van der Waals surface area contributed by atoms with Crippen molar-refractivity contribution in [2.24, 2.45) is 4.99 Å². The van der Waals surface area contributed by atoms with Crippen LogP contribution in [0.15, 0.2) is 53.5 Å². The van der Waals surface area contributed by atoms with Crippen molar-refractivity contribution in [1.82, 2.24) is 4.90 Å². The topological polar surface area (TPSA) is 70.1 Å². The lowest BCUT2D eigenvalue weighted by Crippen LogP contribution is -2.36. The molecular formula is C22H20ClN3O3S. The minimum atomic E-state index is -0.304. The van der Waals surface area contributed by atoms with Gasteiger partial charge in [-0.2, -0.15) is 0 Å². The van der Waals surface area contributed by atoms with E-state index in [0.717, 1.165) is 5.75 Å². The Hall–Kier alpha value is -2.64. The van der Waals surface area contributed by atoms with Crippen molar-refractivity contribution < 1.29 is 14.4 Å². The molecule has 0 fully saturated rings. The van der Waals surface area contributed by atoms with Gasteiger partial charge in [-0.05, 0) is 49.7 Å². The zero-order valence-corrected chi connectivity index (χ0v) is 17.9. The largest absolute Gasteiger partial charge is 0.274 e. The summed E-state index contributed by atoms with van der Waals surface area (Å²) in [6.45, 7) is 2.20. The van der Waals surface area contributed by atoms with Crippen molar-refractivity contribution in [1.29, 1.82) is 0 Å². The van der Waals surface area contributed by atoms with Crippen LogP contribution in [0, 0.1) is 0 Å². The van der Waals surface area contributed by atoms with E-state index >= 15 is 0 Å². The van der Waals surface area contributed by atoms with E-state index in [2.05, 4.69) is 4.99 Å². The summed E-state index contributed by atoms with van der Waals surface area (Å²) in [5, 5.41) is 1.25. The van der Waals surface area contributed by atoms with Crippen LogP contribution in [0.4, 0.5) is 5.69 Å². The molecule has 6 nitrogen and oxygen atoms in total. The number of hydrogen-bond acceptors (Lipinski definition) is 5. The molecule has 2 aliphatic heterocycles. The standard InChI is InChI=1S/C22H20ClN3O3S/c1-14-13-30-22(24-14)26(16-10-8-15(23)9-11-16)19(27)7-4-12-25-20(28)17-5-2-3-6-18(17)21(25)29/h2-3,5-6,8-11,14H,4,7,12-13H2,1H3/t14-/m1/s1. The Kier molecular flexibility index (Phi) is 5.92. The average Bonchev–Trinajstić information content (AvgIpc) is 3.26. The van der Waals surface area contributed by atoms with Gasteiger partial charge >= 0.3 is 0 Å². The lowest BCUT2D eigenvalue weighted by atomic mass is 10.1. The van der Waals surface area contributed by atoms with Gasteiger partial charge < -0.3 is 0 Å². The number of halogens is 1. The highest BCUT2D eigenvalue weighted by Crippen LogP contribution is 2.28. The second kappa shape index (κ2) is 8.62. The molecule has 0 spiro atoms. The molecule has 0 aromatic heterocycles. The first-order valence-corrected chi connectivity index (χ1v) is 11.1. The molecule has 0 unspecified atom stereocenters. The number of amides is 3. The fourth-order valence-electron chi connectivity index (χ4n) is 3.47. The summed E-state index contributed by atoms with van der Waals surface area (Å²) in [5.74, 6) is 0.0838. The van der Waals surface area contributed by atoms with Crippen molar-refractivity contribution in [2.75, 3.05) is 17.2 Å². The van der Waals surface area contributed by atoms with Crippen LogP contribution < -0.4 is 4.90 Å². The number of nitrogens with zero attached hydrogens (tertiary/aromatic N) is 3. The molecule has 2 aliphatic rings. The van der Waals surface area contributed by atoms with Crippen LogP contribution in [0.25, 0.3) is 0 Å². The van der Waals surface area contributed by atoms with Crippen molar-refractivity contribution >= 4 is 51.9 Å². The Balaban J connectivity index is 1.45. The molecule has 0 bridgehead atoms. The van der Waals surface area contributed by atoms with Gasteiger partial charge in [0.25, 0.3) is 11.8 Å². The highest BCUT2D eigenvalue weighted by atomic mass is 35.5. The van der Waals surface area contributed by atoms with Gasteiger partial charge in [0.1, 0.15) is 0 Å². The normalized spacial score (nSPS) is 17.9. The van der Waals surface area contributed by atoms with Gasteiger partial charge in [-0.3, -0.25) is 29.2 Å². The summed E-state index contributed by atoms with van der Waals surface area (Å²) in [6, 6.07) is 14.0. The molecule has 2 aromatic carbocycles. The molecule has 3 amide bonds. The summed E-state index contributed by atoms with van der Waals surface area (Å²) in [5.41, 5.74) is 1.54. The molecule has 0 saturated carbocycles. The molecular weight excluding hydrogens is 422 g/mol. The molecule has 4 rings (SSSR count). The Bertz CT molecular complexity index is 1000. The van der Waals surface area contributed by atoms with Crippen LogP contribution in [0.5, 0.6) is 0 Å². The van der Waals surface area contributed by atoms with Crippen LogP contribution in [0.3, 0.4) is 0 Å². The molecule has 1 atom stereocenters. The summed E-state index contributed by atoms with van der Waals surface area (Å²) in [4.78, 5) is 45.5. The molecule has 0 N–H and O–H groups in total. The number of imide groups is 1. The third-order valence-electron chi connectivity index (χ3n) is 4.96. The van der Waals surface area contributed by atoms with Gasteiger partial charge in [-0.15, -0.1) is 0 Å². The number of carbonyl (C=O) groups excluding carboxylic acids is 3. The van der Waals surface area contributed by atoms with Gasteiger partial charge in [0, 0.05) is 23.7 Å². The van der Waals surface area contributed by atoms with Gasteiger partial charge in [-0.1, -0.05) is 35.5 Å². The van der Waals surface area contributed by atoms with Crippen LogP contribution in [0.2, 0.25) is 5.02 Å². The number of aliphatic imine (C=N–C) groups is 1. The summed E-state index contributed by atoms with van der Waals surface area (Å²) >= 11 is 7.53. The van der Waals surface area contributed by atoms with Gasteiger partial charge in [0.15, 0.2) is 5.17 Å². The van der Waals surface area contributed by atoms with E-state index in [-0.39, 0.29) is 36.7 Å². The maximum absolute atomic E-state index is 13.1. The van der Waals surface area contributed by atoms with Crippen molar-refractivity contribution in [3.05, 3.63) is 64.7 Å². The average molecular weight is 442 g/mol. The van der Waals surface area contributed by atoms with Gasteiger partial charge in [0.2, 0.25) is 5.91 Å². The number of carbonyl (C=O) groups is 3. The van der Waals surface area contributed by atoms with Gasteiger partial charge in [-0.25, -0.2) is 0 Å². The molecule has 2 aromatic rings. The first-order chi connectivity index (χ1) is 14.5. The quantitative estimate of drug-likeness (QED) is 0.650. The van der Waals surface area contributed by atoms with E-state index in [4.69, 9.17) is 11.6 Å². The SMILES string of the molecule is C[C@@H]1CSC(N(C(=O)CCCN2C(=O)c3ccccc3C2=O)c2ccc(Cl)cc2)=N1. The monoisotopic (exact) mass is 441 g/mol. The van der Waals surface area contributed by atoms with E-state index in [1.807, 2.05) is 6.92 Å². The third kappa shape index (κ3) is 4.00. The maximum atomic E-state index is 13.1. The first kappa shape index (κ1) is 20.6. The number of benzene rings is 2. The van der Waals surface area contributed by atoms with E-state index in [1.165, 1.54) is 4.90 Å². The Morgan fingerprint density at radius 2 is 1.77 bits per heavy atom. The zero-order chi connectivity index (χ0) is 21.3. The predicted molar refractivity (Wildman–Crippen MR) is 119 cm³/mol. The molecule has 30 heavy (non-hydrogen) atoms. The highest BCUT2D eigenvalue weighted by molar-refractivity contribution is 8.14. The summed E-state index contributed by atoms with van der Waals surface area (Å²) in [7, 11) is 0. The van der Waals surface area contributed by atoms with Crippen LogP contribution in [-0.4, -0.2) is 46.1 Å². The number of thioether (sulfide) groups is 1. The highest BCUT2D eigenvalue weighted by Gasteiger charge is 2.35. The number of hydrogen-bond donors (Lipinski definition) is 0. The van der Waals surface area contributed by atoms with E-state index in [9.17, 15) is 14.4 Å². The third-order valence-corrected chi connectivity index (χ3v) is 6.41. The molecule has 0 radical (unpaired) electrons. The van der Waals surface area contributed by atoms with Crippen molar-refractivity contribution in [3.8, 4) is 0 Å². The Morgan fingerprint density at radius 3 is 2.33 bits per heavy atom. The molecule has 154 valence electrons. The molecule has 8 heteroatoms. The van der Waals surface area contributed by atoms with E-state index < -0.39 is 0 Å². The smallest absolute Gasteiger partial charge is 0.261 e. The molecule has 0 aliphatic carbocycles. The van der Waals surface area contributed by atoms with Crippen LogP contribution >= 0.6 is 23.4 Å². The van der Waals surface area contributed by atoms with E-state index in [0.29, 0.717) is 33.4 Å². The molecule has 2 heterocycles. The Labute approximate surface area is 183 Å². The van der Waals surface area contributed by atoms with Crippen molar-refractivity contribution in [3.63, 3.8) is 0 Å². The fraction of sp³-hybridized carbons (Fsp3) is 0.273. The summed E-state index contributed by atoms with van der Waals surface area (Å²) in [6.07, 6.45) is 0.561. The van der Waals surface area contributed by atoms with E-state index in [1.54, 1.807) is 65.2 Å². The zero-order valence-electron chi connectivity index (χ0n) is 16.4. The van der Waals surface area contributed by atoms with Crippen LogP contribution in [-0.2, 0) is 4.79 Å². The first-order valence-electron chi connectivity index (χ1n) is 9.70.